The third-order valence-corrected chi connectivity index (χ3v) is 9.57. The van der Waals surface area contributed by atoms with Gasteiger partial charge in [0.1, 0.15) is 18.0 Å². The molecule has 0 atom stereocenters. The molecule has 5 aliphatic rings. The van der Waals surface area contributed by atoms with E-state index in [1.54, 1.807) is 6.33 Å². The minimum Gasteiger partial charge on any atom is -0.310 e. The van der Waals surface area contributed by atoms with Crippen molar-refractivity contribution in [2.75, 3.05) is 11.9 Å². The Morgan fingerprint density at radius 2 is 1.74 bits per heavy atom. The van der Waals surface area contributed by atoms with E-state index in [-0.39, 0.29) is 17.1 Å². The zero-order valence-electron chi connectivity index (χ0n) is 20.3. The Morgan fingerprint density at radius 3 is 2.38 bits per heavy atom. The highest BCUT2D eigenvalue weighted by molar-refractivity contribution is 5.95. The zero-order valence-corrected chi connectivity index (χ0v) is 20.3. The Balaban J connectivity index is 1.18. The summed E-state index contributed by atoms with van der Waals surface area (Å²) in [7, 11) is 0. The van der Waals surface area contributed by atoms with Crippen molar-refractivity contribution >= 4 is 11.7 Å². The lowest BCUT2D eigenvalue weighted by atomic mass is 9.43. The summed E-state index contributed by atoms with van der Waals surface area (Å²) in [6, 6.07) is 6.69. The molecule has 4 saturated carbocycles. The summed E-state index contributed by atoms with van der Waals surface area (Å²) in [6.07, 6.45) is 10.1. The first-order valence-electron chi connectivity index (χ1n) is 12.9. The fourth-order valence-corrected chi connectivity index (χ4v) is 7.88. The summed E-state index contributed by atoms with van der Waals surface area (Å²) in [6.45, 7) is 6.67. The predicted octanol–water partition coefficient (Wildman–Crippen LogP) is 5.36. The largest absolute Gasteiger partial charge is 0.310 e. The number of carbonyl (C=O) groups excluding carboxylic acids is 1. The van der Waals surface area contributed by atoms with Crippen molar-refractivity contribution in [2.45, 2.75) is 71.9 Å². The highest BCUT2D eigenvalue weighted by Gasteiger charge is 2.59. The molecule has 4 fully saturated rings. The van der Waals surface area contributed by atoms with Crippen molar-refractivity contribution in [3.63, 3.8) is 0 Å². The number of nitrogens with one attached hydrogen (secondary N) is 1. The van der Waals surface area contributed by atoms with Crippen LogP contribution in [0.15, 0.2) is 30.6 Å². The first-order valence-corrected chi connectivity index (χ1v) is 12.9. The zero-order chi connectivity index (χ0) is 23.5. The van der Waals surface area contributed by atoms with Gasteiger partial charge in [0.05, 0.1) is 5.69 Å². The van der Waals surface area contributed by atoms with Crippen LogP contribution in [0.3, 0.4) is 0 Å². The van der Waals surface area contributed by atoms with Gasteiger partial charge < -0.3 is 5.32 Å². The van der Waals surface area contributed by atoms with Crippen LogP contribution in [0.2, 0.25) is 0 Å². The fourth-order valence-electron chi connectivity index (χ4n) is 7.88. The molecule has 0 spiro atoms. The molecule has 6 heteroatoms. The number of halogens is 1. The standard InChI is InChI=1S/C28H35FN4O/c1-27(2,28-12-19-9-20(13-28)11-21(10-19)14-28)26(34)32-25-23-7-8-33(16-24(23)30-17-31-25)15-18-3-5-22(29)6-4-18/h3-6,17,19-21H,7-16H2,1-2H3,(H,30,31,32,34). The Morgan fingerprint density at radius 1 is 1.09 bits per heavy atom. The SMILES string of the molecule is CC(C)(C(=O)Nc1ncnc2c1CCN(Cc1ccc(F)cc1)C2)C12CC3CC(CC(C3)C1)C2. The summed E-state index contributed by atoms with van der Waals surface area (Å²) in [4.78, 5) is 25.1. The summed E-state index contributed by atoms with van der Waals surface area (Å²) < 4.78 is 13.2. The van der Waals surface area contributed by atoms with Gasteiger partial charge in [-0.2, -0.15) is 0 Å². The molecule has 1 amide bonds. The average molecular weight is 463 g/mol. The number of nitrogens with zero attached hydrogens (tertiary/aromatic N) is 3. The van der Waals surface area contributed by atoms with E-state index in [0.717, 1.165) is 54.1 Å². The van der Waals surface area contributed by atoms with Crippen molar-refractivity contribution in [3.8, 4) is 0 Å². The van der Waals surface area contributed by atoms with Crippen LogP contribution in [0, 0.1) is 34.4 Å². The Kier molecular flexibility index (Phi) is 5.28. The number of rotatable bonds is 5. The maximum atomic E-state index is 13.8. The van der Waals surface area contributed by atoms with E-state index in [0.29, 0.717) is 12.4 Å². The van der Waals surface area contributed by atoms with Gasteiger partial charge in [0.2, 0.25) is 5.91 Å². The molecule has 0 unspecified atom stereocenters. The first-order chi connectivity index (χ1) is 16.3. The van der Waals surface area contributed by atoms with Gasteiger partial charge in [-0.25, -0.2) is 14.4 Å². The van der Waals surface area contributed by atoms with Crippen LogP contribution in [-0.2, 0) is 24.3 Å². The van der Waals surface area contributed by atoms with Gasteiger partial charge in [-0.15, -0.1) is 0 Å². The van der Waals surface area contributed by atoms with Gasteiger partial charge >= 0.3 is 0 Å². The second-order valence-electron chi connectivity index (χ2n) is 12.0. The van der Waals surface area contributed by atoms with Crippen LogP contribution in [0.5, 0.6) is 0 Å². The van der Waals surface area contributed by atoms with Crippen LogP contribution in [0.25, 0.3) is 0 Å². The number of hydrogen-bond acceptors (Lipinski definition) is 4. The molecule has 7 rings (SSSR count). The Bertz CT molecular complexity index is 1060. The summed E-state index contributed by atoms with van der Waals surface area (Å²) >= 11 is 0. The molecule has 1 aromatic heterocycles. The molecule has 0 saturated heterocycles. The van der Waals surface area contributed by atoms with Crippen LogP contribution >= 0.6 is 0 Å². The van der Waals surface area contributed by atoms with Gasteiger partial charge in [-0.1, -0.05) is 26.0 Å². The van der Waals surface area contributed by atoms with Gasteiger partial charge in [0.25, 0.3) is 0 Å². The van der Waals surface area contributed by atoms with E-state index in [1.165, 1.54) is 50.7 Å². The lowest BCUT2D eigenvalue weighted by Gasteiger charge is -2.61. The molecular formula is C28H35FN4O. The first kappa shape index (κ1) is 22.1. The second kappa shape index (κ2) is 8.11. The van der Waals surface area contributed by atoms with E-state index in [2.05, 4.69) is 34.0 Å². The number of aromatic nitrogens is 2. The van der Waals surface area contributed by atoms with Crippen LogP contribution in [0.4, 0.5) is 10.2 Å². The minimum atomic E-state index is -0.413. The van der Waals surface area contributed by atoms with E-state index in [4.69, 9.17) is 0 Å². The summed E-state index contributed by atoms with van der Waals surface area (Å²) in [5, 5.41) is 3.26. The normalized spacial score (nSPS) is 30.3. The molecule has 2 aromatic rings. The van der Waals surface area contributed by atoms with Crippen molar-refractivity contribution in [1.29, 1.82) is 0 Å². The lowest BCUT2D eigenvalue weighted by Crippen LogP contribution is -2.56. The van der Waals surface area contributed by atoms with Crippen molar-refractivity contribution in [1.82, 2.24) is 14.9 Å². The van der Waals surface area contributed by atoms with Crippen LogP contribution in [-0.4, -0.2) is 27.3 Å². The molecule has 4 aliphatic carbocycles. The number of benzene rings is 1. The molecule has 180 valence electrons. The number of hydrogen-bond donors (Lipinski definition) is 1. The molecule has 1 aromatic carbocycles. The molecular weight excluding hydrogens is 427 g/mol. The van der Waals surface area contributed by atoms with Gasteiger partial charge in [-0.05, 0) is 85.8 Å². The second-order valence-corrected chi connectivity index (χ2v) is 12.0. The van der Waals surface area contributed by atoms with E-state index < -0.39 is 5.41 Å². The topological polar surface area (TPSA) is 58.1 Å². The van der Waals surface area contributed by atoms with Crippen molar-refractivity contribution < 1.29 is 9.18 Å². The summed E-state index contributed by atoms with van der Waals surface area (Å²) in [5.41, 5.74) is 2.85. The number of anilines is 1. The summed E-state index contributed by atoms with van der Waals surface area (Å²) in [5.74, 6) is 3.04. The smallest absolute Gasteiger partial charge is 0.231 e. The monoisotopic (exact) mass is 462 g/mol. The van der Waals surface area contributed by atoms with Crippen LogP contribution < -0.4 is 5.32 Å². The van der Waals surface area contributed by atoms with Gasteiger partial charge in [-0.3, -0.25) is 9.69 Å². The molecule has 5 nitrogen and oxygen atoms in total. The van der Waals surface area contributed by atoms with Crippen molar-refractivity contribution in [2.24, 2.45) is 28.6 Å². The predicted molar refractivity (Wildman–Crippen MR) is 129 cm³/mol. The molecule has 0 radical (unpaired) electrons. The third-order valence-electron chi connectivity index (χ3n) is 9.57. The fraction of sp³-hybridized carbons (Fsp3) is 0.607. The molecule has 1 aliphatic heterocycles. The maximum Gasteiger partial charge on any atom is 0.231 e. The number of carbonyl (C=O) groups is 1. The lowest BCUT2D eigenvalue weighted by molar-refractivity contribution is -0.151. The quantitative estimate of drug-likeness (QED) is 0.650. The molecule has 2 heterocycles. The molecule has 1 N–H and O–H groups in total. The van der Waals surface area contributed by atoms with E-state index >= 15 is 0 Å². The maximum absolute atomic E-state index is 13.8. The highest BCUT2D eigenvalue weighted by atomic mass is 19.1. The molecule has 4 bridgehead atoms. The van der Waals surface area contributed by atoms with Crippen molar-refractivity contribution in [3.05, 3.63) is 53.2 Å². The average Bonchev–Trinajstić information content (AvgIpc) is 2.79. The van der Waals surface area contributed by atoms with Crippen LogP contribution in [0.1, 0.15) is 69.2 Å². The molecule has 34 heavy (non-hydrogen) atoms. The van der Waals surface area contributed by atoms with E-state index in [9.17, 15) is 9.18 Å². The third kappa shape index (κ3) is 3.74. The highest BCUT2D eigenvalue weighted by Crippen LogP contribution is 2.66. The minimum absolute atomic E-state index is 0.115. The van der Waals surface area contributed by atoms with Gasteiger partial charge in [0, 0.05) is 30.6 Å². The number of amides is 1. The van der Waals surface area contributed by atoms with E-state index in [1.807, 2.05) is 12.1 Å². The Labute approximate surface area is 201 Å². The Hall–Kier alpha value is -2.34. The number of fused-ring (bicyclic) bond motifs is 1. The van der Waals surface area contributed by atoms with Gasteiger partial charge in [0.15, 0.2) is 0 Å².